The number of aryl methyl sites for hydroxylation is 1. The predicted octanol–water partition coefficient (Wildman–Crippen LogP) is 3.80. The number of nitrogens with two attached hydrogens (primary N) is 1. The van der Waals surface area contributed by atoms with Crippen LogP contribution in [-0.2, 0) is 6.54 Å². The summed E-state index contributed by atoms with van der Waals surface area (Å²) in [7, 11) is 0. The quantitative estimate of drug-likeness (QED) is 0.896. The molecule has 0 amide bonds. The van der Waals surface area contributed by atoms with E-state index in [4.69, 9.17) is 5.73 Å². The van der Waals surface area contributed by atoms with Crippen LogP contribution in [-0.4, -0.2) is 6.54 Å². The van der Waals surface area contributed by atoms with E-state index in [9.17, 15) is 0 Å². The van der Waals surface area contributed by atoms with E-state index in [0.29, 0.717) is 0 Å². The van der Waals surface area contributed by atoms with Crippen LogP contribution in [0.1, 0.15) is 35.6 Å². The number of benzene rings is 2. The van der Waals surface area contributed by atoms with Crippen molar-refractivity contribution in [2.45, 2.75) is 32.4 Å². The van der Waals surface area contributed by atoms with Crippen molar-refractivity contribution in [3.8, 4) is 0 Å². The Morgan fingerprint density at radius 2 is 1.85 bits per heavy atom. The Morgan fingerprint density at radius 3 is 2.70 bits per heavy atom. The van der Waals surface area contributed by atoms with Gasteiger partial charge in [-0.2, -0.15) is 0 Å². The molecule has 1 heterocycles. The minimum atomic E-state index is 0.174. The van der Waals surface area contributed by atoms with Crippen LogP contribution < -0.4 is 10.6 Å². The fourth-order valence-corrected chi connectivity index (χ4v) is 3.02. The highest BCUT2D eigenvalue weighted by atomic mass is 15.1. The zero-order valence-corrected chi connectivity index (χ0v) is 12.0. The van der Waals surface area contributed by atoms with Crippen molar-refractivity contribution in [3.05, 3.63) is 65.2 Å². The molecule has 0 aromatic heterocycles. The third-order valence-electron chi connectivity index (χ3n) is 4.24. The van der Waals surface area contributed by atoms with Crippen LogP contribution in [0.5, 0.6) is 0 Å². The van der Waals surface area contributed by atoms with Gasteiger partial charge in [-0.25, -0.2) is 0 Å². The average Bonchev–Trinajstić information content (AvgIpc) is 2.62. The maximum Gasteiger partial charge on any atom is 0.0432 e. The predicted molar refractivity (Wildman–Crippen MR) is 84.8 cm³/mol. The van der Waals surface area contributed by atoms with Crippen LogP contribution in [0.15, 0.2) is 48.5 Å². The van der Waals surface area contributed by atoms with Gasteiger partial charge < -0.3 is 10.6 Å². The summed E-state index contributed by atoms with van der Waals surface area (Å²) < 4.78 is 0. The zero-order chi connectivity index (χ0) is 13.9. The van der Waals surface area contributed by atoms with E-state index in [1.165, 1.54) is 22.4 Å². The number of hydrogen-bond donors (Lipinski definition) is 1. The molecule has 0 fully saturated rings. The summed E-state index contributed by atoms with van der Waals surface area (Å²) in [5.41, 5.74) is 11.7. The highest BCUT2D eigenvalue weighted by Crippen LogP contribution is 2.32. The summed E-state index contributed by atoms with van der Waals surface area (Å²) in [6.45, 7) is 4.24. The normalized spacial score (nSPS) is 18.5. The smallest absolute Gasteiger partial charge is 0.0432 e. The Morgan fingerprint density at radius 1 is 1.10 bits per heavy atom. The Labute approximate surface area is 121 Å². The highest BCUT2D eigenvalue weighted by Gasteiger charge is 2.20. The second-order valence-corrected chi connectivity index (χ2v) is 5.66. The summed E-state index contributed by atoms with van der Waals surface area (Å²) in [5, 5.41) is 0. The zero-order valence-electron chi connectivity index (χ0n) is 12.0. The molecule has 1 atom stereocenters. The van der Waals surface area contributed by atoms with Gasteiger partial charge in [0.05, 0.1) is 0 Å². The van der Waals surface area contributed by atoms with Crippen LogP contribution >= 0.6 is 0 Å². The molecule has 0 saturated carbocycles. The van der Waals surface area contributed by atoms with Crippen molar-refractivity contribution in [3.63, 3.8) is 0 Å². The first-order chi connectivity index (χ1) is 9.75. The monoisotopic (exact) mass is 266 g/mol. The molecular formula is C18H22N2. The Kier molecular flexibility index (Phi) is 3.75. The van der Waals surface area contributed by atoms with Crippen molar-refractivity contribution in [1.29, 1.82) is 0 Å². The van der Waals surface area contributed by atoms with Gasteiger partial charge in [-0.05, 0) is 42.5 Å². The van der Waals surface area contributed by atoms with Crippen molar-refractivity contribution in [2.24, 2.45) is 5.73 Å². The Hall–Kier alpha value is -1.80. The lowest BCUT2D eigenvalue weighted by molar-refractivity contribution is 0.626. The molecule has 2 aromatic rings. The van der Waals surface area contributed by atoms with Gasteiger partial charge in [-0.15, -0.1) is 0 Å². The molecular weight excluding hydrogens is 244 g/mol. The first-order valence-corrected chi connectivity index (χ1v) is 7.39. The van der Waals surface area contributed by atoms with Gasteiger partial charge in [0.25, 0.3) is 0 Å². The fraction of sp³-hybridized carbons (Fsp3) is 0.333. The summed E-state index contributed by atoms with van der Waals surface area (Å²) in [6, 6.07) is 17.4. The molecule has 3 rings (SSSR count). The molecule has 0 aliphatic carbocycles. The number of hydrogen-bond acceptors (Lipinski definition) is 2. The SMILES string of the molecule is Cc1ccccc1CN1CCCC(N)c2ccccc21. The van der Waals surface area contributed by atoms with E-state index in [1.54, 1.807) is 0 Å². The molecule has 2 nitrogen and oxygen atoms in total. The van der Waals surface area contributed by atoms with Gasteiger partial charge in [0, 0.05) is 24.8 Å². The lowest BCUT2D eigenvalue weighted by Crippen LogP contribution is -2.24. The summed E-state index contributed by atoms with van der Waals surface area (Å²) >= 11 is 0. The number of anilines is 1. The van der Waals surface area contributed by atoms with Crippen LogP contribution in [0.25, 0.3) is 0 Å². The van der Waals surface area contributed by atoms with Crippen molar-refractivity contribution in [2.75, 3.05) is 11.4 Å². The summed E-state index contributed by atoms with van der Waals surface area (Å²) in [4.78, 5) is 2.48. The van der Waals surface area contributed by atoms with E-state index in [0.717, 1.165) is 25.9 Å². The van der Waals surface area contributed by atoms with Gasteiger partial charge in [-0.3, -0.25) is 0 Å². The molecule has 0 radical (unpaired) electrons. The van der Waals surface area contributed by atoms with Gasteiger partial charge in [0.1, 0.15) is 0 Å². The molecule has 0 bridgehead atoms. The number of nitrogens with zero attached hydrogens (tertiary/aromatic N) is 1. The second-order valence-electron chi connectivity index (χ2n) is 5.66. The molecule has 2 N–H and O–H groups in total. The first-order valence-electron chi connectivity index (χ1n) is 7.39. The average molecular weight is 266 g/mol. The van der Waals surface area contributed by atoms with E-state index in [1.807, 2.05) is 0 Å². The maximum absolute atomic E-state index is 6.31. The van der Waals surface area contributed by atoms with E-state index in [2.05, 4.69) is 60.4 Å². The standard InChI is InChI=1S/C18H22N2/c1-14-7-2-3-8-15(14)13-20-12-6-10-17(19)16-9-4-5-11-18(16)20/h2-5,7-9,11,17H,6,10,12-13,19H2,1H3. The van der Waals surface area contributed by atoms with Crippen molar-refractivity contribution in [1.82, 2.24) is 0 Å². The van der Waals surface area contributed by atoms with Crippen molar-refractivity contribution < 1.29 is 0 Å². The molecule has 20 heavy (non-hydrogen) atoms. The van der Waals surface area contributed by atoms with Gasteiger partial charge in [0.2, 0.25) is 0 Å². The fourth-order valence-electron chi connectivity index (χ4n) is 3.02. The number of rotatable bonds is 2. The van der Waals surface area contributed by atoms with Crippen LogP contribution in [0, 0.1) is 6.92 Å². The van der Waals surface area contributed by atoms with Crippen LogP contribution in [0.2, 0.25) is 0 Å². The highest BCUT2D eigenvalue weighted by molar-refractivity contribution is 5.56. The topological polar surface area (TPSA) is 29.3 Å². The molecule has 1 aliphatic rings. The summed E-state index contributed by atoms with van der Waals surface area (Å²) in [5.74, 6) is 0. The largest absolute Gasteiger partial charge is 0.367 e. The number of para-hydroxylation sites is 1. The van der Waals surface area contributed by atoms with Crippen LogP contribution in [0.3, 0.4) is 0 Å². The molecule has 0 saturated heterocycles. The maximum atomic E-state index is 6.31. The summed E-state index contributed by atoms with van der Waals surface area (Å²) in [6.07, 6.45) is 2.23. The molecule has 1 aliphatic heterocycles. The van der Waals surface area contributed by atoms with Gasteiger partial charge >= 0.3 is 0 Å². The minimum absolute atomic E-state index is 0.174. The molecule has 104 valence electrons. The van der Waals surface area contributed by atoms with E-state index in [-0.39, 0.29) is 6.04 Å². The van der Waals surface area contributed by atoms with Crippen molar-refractivity contribution >= 4 is 5.69 Å². The van der Waals surface area contributed by atoms with Crippen LogP contribution in [0.4, 0.5) is 5.69 Å². The molecule has 2 aromatic carbocycles. The lowest BCUT2D eigenvalue weighted by atomic mass is 10.0. The molecule has 0 spiro atoms. The van der Waals surface area contributed by atoms with E-state index >= 15 is 0 Å². The second kappa shape index (κ2) is 5.68. The molecule has 2 heteroatoms. The first kappa shape index (κ1) is 13.2. The van der Waals surface area contributed by atoms with Gasteiger partial charge in [-0.1, -0.05) is 42.5 Å². The Balaban J connectivity index is 1.94. The van der Waals surface area contributed by atoms with E-state index < -0.39 is 0 Å². The third-order valence-corrected chi connectivity index (χ3v) is 4.24. The third kappa shape index (κ3) is 2.56. The lowest BCUT2D eigenvalue weighted by Gasteiger charge is -2.26. The minimum Gasteiger partial charge on any atom is -0.367 e. The Bertz CT molecular complexity index is 591. The molecule has 1 unspecified atom stereocenters. The van der Waals surface area contributed by atoms with Gasteiger partial charge in [0.15, 0.2) is 0 Å². The number of fused-ring (bicyclic) bond motifs is 1.